The van der Waals surface area contributed by atoms with Gasteiger partial charge in [-0.2, -0.15) is 0 Å². The highest BCUT2D eigenvalue weighted by atomic mass is 35.5. The summed E-state index contributed by atoms with van der Waals surface area (Å²) in [5.74, 6) is 0. The van der Waals surface area contributed by atoms with Crippen molar-refractivity contribution in [2.75, 3.05) is 0 Å². The van der Waals surface area contributed by atoms with Crippen LogP contribution in [0, 0.1) is 0 Å². The molecule has 0 unspecified atom stereocenters. The summed E-state index contributed by atoms with van der Waals surface area (Å²) in [6.07, 6.45) is 2.91. The van der Waals surface area contributed by atoms with Crippen LogP contribution < -0.4 is 4.57 Å². The van der Waals surface area contributed by atoms with Crippen molar-refractivity contribution >= 4 is 34.0 Å². The van der Waals surface area contributed by atoms with Gasteiger partial charge in [-0.05, 0) is 46.5 Å². The zero-order valence-corrected chi connectivity index (χ0v) is 13.4. The van der Waals surface area contributed by atoms with Crippen molar-refractivity contribution in [1.82, 2.24) is 4.57 Å². The number of rotatable bonds is 4. The van der Waals surface area contributed by atoms with Crippen molar-refractivity contribution < 1.29 is 4.57 Å². The minimum absolute atomic E-state index is 0.608. The van der Waals surface area contributed by atoms with E-state index >= 15 is 0 Å². The number of hydrogen-bond acceptors (Lipinski definition) is 0. The van der Waals surface area contributed by atoms with Gasteiger partial charge in [0.25, 0.3) is 10.3 Å². The lowest BCUT2D eigenvalue weighted by Crippen LogP contribution is -2.34. The van der Waals surface area contributed by atoms with Crippen molar-refractivity contribution in [3.8, 4) is 0 Å². The number of aryl methyl sites for hydroxylation is 3. The summed E-state index contributed by atoms with van der Waals surface area (Å²) in [5.41, 5.74) is 1.33. The molecule has 0 N–H and O–H groups in total. The predicted octanol–water partition coefficient (Wildman–Crippen LogP) is 4.50. The molecule has 1 heterocycles. The van der Waals surface area contributed by atoms with Gasteiger partial charge in [0.1, 0.15) is 0 Å². The summed E-state index contributed by atoms with van der Waals surface area (Å²) in [6.45, 7) is 3.69. The number of nitrogens with zero attached hydrogens (tertiary/aromatic N) is 2. The molecule has 0 aliphatic heterocycles. The molecule has 21 heavy (non-hydrogen) atoms. The highest BCUT2D eigenvalue weighted by Crippen LogP contribution is 2.21. The summed E-state index contributed by atoms with van der Waals surface area (Å²) in [5, 5.41) is 3.80. The summed E-state index contributed by atoms with van der Waals surface area (Å²) >= 11 is 12.5. The van der Waals surface area contributed by atoms with Crippen LogP contribution in [0.5, 0.6) is 0 Å². The quantitative estimate of drug-likeness (QED) is 0.626. The summed E-state index contributed by atoms with van der Waals surface area (Å²) in [6, 6.07) is 14.9. The zero-order chi connectivity index (χ0) is 14.8. The van der Waals surface area contributed by atoms with Crippen LogP contribution in [0.4, 0.5) is 0 Å². The Morgan fingerprint density at radius 3 is 2.57 bits per heavy atom. The van der Waals surface area contributed by atoms with Crippen LogP contribution in [0.2, 0.25) is 10.3 Å². The Bertz CT molecular complexity index is 772. The van der Waals surface area contributed by atoms with Crippen LogP contribution in [0.15, 0.2) is 48.8 Å². The topological polar surface area (TPSA) is 8.81 Å². The number of aromatic nitrogens is 2. The Kier molecular flexibility index (Phi) is 4.18. The predicted molar refractivity (Wildman–Crippen MR) is 88.0 cm³/mol. The third-order valence-electron chi connectivity index (χ3n) is 3.80. The molecule has 0 saturated heterocycles. The van der Waals surface area contributed by atoms with Crippen LogP contribution in [0.25, 0.3) is 10.8 Å². The van der Waals surface area contributed by atoms with E-state index in [9.17, 15) is 0 Å². The summed E-state index contributed by atoms with van der Waals surface area (Å²) in [4.78, 5) is 0. The largest absolute Gasteiger partial charge is 0.255 e. The fourth-order valence-electron chi connectivity index (χ4n) is 2.63. The van der Waals surface area contributed by atoms with Gasteiger partial charge in [0.05, 0.1) is 13.1 Å². The van der Waals surface area contributed by atoms with E-state index in [1.54, 1.807) is 0 Å². The van der Waals surface area contributed by atoms with Gasteiger partial charge in [-0.25, -0.2) is 9.13 Å². The van der Waals surface area contributed by atoms with E-state index in [0.717, 1.165) is 19.5 Å². The highest BCUT2D eigenvalue weighted by Gasteiger charge is 2.18. The van der Waals surface area contributed by atoms with Crippen molar-refractivity contribution in [2.45, 2.75) is 26.4 Å². The minimum atomic E-state index is 0.608. The van der Waals surface area contributed by atoms with Gasteiger partial charge in [0.2, 0.25) is 6.33 Å². The monoisotopic (exact) mass is 319 g/mol. The lowest BCUT2D eigenvalue weighted by atomic mass is 10.0. The van der Waals surface area contributed by atoms with Crippen LogP contribution in [0.3, 0.4) is 0 Å². The molecular formula is C17H17Cl2N2+. The molecule has 0 radical (unpaired) electrons. The fraction of sp³-hybridized carbons (Fsp3) is 0.235. The molecule has 0 saturated carbocycles. The van der Waals surface area contributed by atoms with Crippen molar-refractivity contribution in [3.63, 3.8) is 0 Å². The molecule has 2 nitrogen and oxygen atoms in total. The van der Waals surface area contributed by atoms with E-state index < -0.39 is 0 Å². The van der Waals surface area contributed by atoms with Crippen molar-refractivity contribution in [3.05, 3.63) is 64.7 Å². The van der Waals surface area contributed by atoms with Gasteiger partial charge < -0.3 is 0 Å². The van der Waals surface area contributed by atoms with E-state index in [1.165, 1.54) is 16.3 Å². The molecule has 108 valence electrons. The summed E-state index contributed by atoms with van der Waals surface area (Å²) < 4.78 is 3.96. The number of benzene rings is 2. The first-order valence-electron chi connectivity index (χ1n) is 7.11. The molecule has 3 aromatic rings. The Labute approximate surface area is 134 Å². The van der Waals surface area contributed by atoms with Gasteiger partial charge >= 0.3 is 0 Å². The Morgan fingerprint density at radius 1 is 1.05 bits per heavy atom. The van der Waals surface area contributed by atoms with Crippen molar-refractivity contribution in [2.24, 2.45) is 0 Å². The molecule has 0 amide bonds. The molecule has 3 rings (SSSR count). The van der Waals surface area contributed by atoms with E-state index in [-0.39, 0.29) is 0 Å². The molecule has 2 aromatic carbocycles. The second-order valence-electron chi connectivity index (χ2n) is 5.06. The zero-order valence-electron chi connectivity index (χ0n) is 11.9. The van der Waals surface area contributed by atoms with Gasteiger partial charge in [-0.3, -0.25) is 0 Å². The van der Waals surface area contributed by atoms with Crippen LogP contribution in [0.1, 0.15) is 12.5 Å². The SMILES string of the molecule is CCn1c[n+](CCc2cccc3ccccc23)c(Cl)c1Cl. The number of halogens is 2. The fourth-order valence-corrected chi connectivity index (χ4v) is 3.14. The van der Waals surface area contributed by atoms with Crippen LogP contribution >= 0.6 is 23.2 Å². The third-order valence-corrected chi connectivity index (χ3v) is 4.68. The van der Waals surface area contributed by atoms with Crippen molar-refractivity contribution in [1.29, 1.82) is 0 Å². The van der Waals surface area contributed by atoms with Gasteiger partial charge in [0.15, 0.2) is 0 Å². The molecule has 0 bridgehead atoms. The average Bonchev–Trinajstić information content (AvgIpc) is 2.80. The molecular weight excluding hydrogens is 303 g/mol. The lowest BCUT2D eigenvalue weighted by molar-refractivity contribution is -0.693. The molecule has 0 spiro atoms. The highest BCUT2D eigenvalue weighted by molar-refractivity contribution is 6.39. The van der Waals surface area contributed by atoms with E-state index in [4.69, 9.17) is 23.2 Å². The Hall–Kier alpha value is -1.51. The van der Waals surface area contributed by atoms with Crippen LogP contribution in [-0.2, 0) is 19.5 Å². The molecule has 1 aromatic heterocycles. The maximum absolute atomic E-state index is 6.29. The number of hydrogen-bond donors (Lipinski definition) is 0. The Balaban J connectivity index is 1.87. The minimum Gasteiger partial charge on any atom is -0.219 e. The van der Waals surface area contributed by atoms with E-state index in [2.05, 4.69) is 49.4 Å². The smallest absolute Gasteiger partial charge is 0.219 e. The standard InChI is InChI=1S/C17H17Cl2N2/c1-2-20-12-21(17(19)16(20)18)11-10-14-8-5-7-13-6-3-4-9-15(13)14/h3-9,12H,2,10-11H2,1H3/q+1. The van der Waals surface area contributed by atoms with E-state index in [1.807, 2.05) is 15.5 Å². The van der Waals surface area contributed by atoms with Crippen LogP contribution in [-0.4, -0.2) is 4.57 Å². The molecule has 0 aliphatic rings. The molecule has 4 heteroatoms. The Morgan fingerprint density at radius 2 is 1.81 bits per heavy atom. The maximum Gasteiger partial charge on any atom is 0.255 e. The molecule has 0 fully saturated rings. The molecule has 0 atom stereocenters. The number of fused-ring (bicyclic) bond motifs is 1. The maximum atomic E-state index is 6.29. The third kappa shape index (κ3) is 2.78. The average molecular weight is 320 g/mol. The first kappa shape index (κ1) is 14.4. The lowest BCUT2D eigenvalue weighted by Gasteiger charge is -2.05. The van der Waals surface area contributed by atoms with Gasteiger partial charge in [0, 0.05) is 6.42 Å². The second kappa shape index (κ2) is 6.08. The molecule has 0 aliphatic carbocycles. The van der Waals surface area contributed by atoms with Gasteiger partial charge in [-0.15, -0.1) is 0 Å². The van der Waals surface area contributed by atoms with Gasteiger partial charge in [-0.1, -0.05) is 42.5 Å². The normalized spacial score (nSPS) is 11.2. The first-order valence-corrected chi connectivity index (χ1v) is 7.86. The summed E-state index contributed by atoms with van der Waals surface area (Å²) in [7, 11) is 0. The van der Waals surface area contributed by atoms with E-state index in [0.29, 0.717) is 10.3 Å². The first-order chi connectivity index (χ1) is 10.2. The second-order valence-corrected chi connectivity index (χ2v) is 5.78. The number of imidazole rings is 1.